The van der Waals surface area contributed by atoms with E-state index in [4.69, 9.17) is 9.97 Å². The summed E-state index contributed by atoms with van der Waals surface area (Å²) in [5.74, 6) is 0.909. The summed E-state index contributed by atoms with van der Waals surface area (Å²) < 4.78 is 40.8. The molecule has 1 aromatic carbocycles. The lowest BCUT2D eigenvalue weighted by Crippen LogP contribution is -2.39. The Morgan fingerprint density at radius 2 is 1.94 bits per heavy atom. The van der Waals surface area contributed by atoms with Crippen LogP contribution in [0, 0.1) is 5.82 Å². The van der Waals surface area contributed by atoms with Gasteiger partial charge in [-0.3, -0.25) is 4.79 Å². The molecule has 0 bridgehead atoms. The predicted molar refractivity (Wildman–Crippen MR) is 114 cm³/mol. The first-order chi connectivity index (χ1) is 14.8. The van der Waals surface area contributed by atoms with Gasteiger partial charge < -0.3 is 10.2 Å². The highest BCUT2D eigenvalue weighted by molar-refractivity contribution is 7.89. The van der Waals surface area contributed by atoms with Crippen molar-refractivity contribution in [1.29, 1.82) is 0 Å². The van der Waals surface area contributed by atoms with Crippen molar-refractivity contribution in [3.8, 4) is 0 Å². The van der Waals surface area contributed by atoms with Gasteiger partial charge in [-0.1, -0.05) is 0 Å². The summed E-state index contributed by atoms with van der Waals surface area (Å²) in [6, 6.07) is 4.86. The van der Waals surface area contributed by atoms with Crippen LogP contribution in [-0.4, -0.2) is 60.2 Å². The van der Waals surface area contributed by atoms with Gasteiger partial charge in [0.1, 0.15) is 17.5 Å². The Labute approximate surface area is 181 Å². The normalized spacial score (nSPS) is 19.7. The van der Waals surface area contributed by atoms with E-state index >= 15 is 0 Å². The fourth-order valence-electron chi connectivity index (χ4n) is 4.25. The third-order valence-corrected chi connectivity index (χ3v) is 7.83. The Kier molecular flexibility index (Phi) is 5.94. The highest BCUT2D eigenvalue weighted by atomic mass is 32.2. The van der Waals surface area contributed by atoms with Crippen LogP contribution >= 0.6 is 0 Å². The maximum absolute atomic E-state index is 13.2. The van der Waals surface area contributed by atoms with Crippen molar-refractivity contribution in [3.63, 3.8) is 0 Å². The van der Waals surface area contributed by atoms with Crippen molar-refractivity contribution in [2.45, 2.75) is 43.5 Å². The van der Waals surface area contributed by atoms with E-state index in [0.29, 0.717) is 36.8 Å². The van der Waals surface area contributed by atoms with Gasteiger partial charge in [0.2, 0.25) is 15.9 Å². The lowest BCUT2D eigenvalue weighted by molar-refractivity contribution is -0.130. The minimum Gasteiger partial charge on any atom is -0.373 e. The maximum atomic E-state index is 13.2. The molecule has 8 nitrogen and oxygen atoms in total. The zero-order chi connectivity index (χ0) is 22.2. The molecule has 1 aromatic heterocycles. The molecule has 2 aliphatic rings. The van der Waals surface area contributed by atoms with Crippen LogP contribution < -0.4 is 5.32 Å². The lowest BCUT2D eigenvalue weighted by atomic mass is 9.96. The molecule has 1 fully saturated rings. The number of nitrogens with one attached hydrogen (secondary N) is 1. The van der Waals surface area contributed by atoms with Crippen LogP contribution in [0.1, 0.15) is 42.8 Å². The van der Waals surface area contributed by atoms with Gasteiger partial charge in [0.15, 0.2) is 0 Å². The van der Waals surface area contributed by atoms with Crippen LogP contribution in [0.25, 0.3) is 0 Å². The van der Waals surface area contributed by atoms with Gasteiger partial charge in [0.05, 0.1) is 17.1 Å². The molecule has 0 radical (unpaired) electrons. The third kappa shape index (κ3) is 4.27. The van der Waals surface area contributed by atoms with E-state index < -0.39 is 15.8 Å². The number of sulfonamides is 1. The summed E-state index contributed by atoms with van der Waals surface area (Å²) in [5, 5.41) is 3.12. The molecule has 2 aromatic rings. The molecule has 10 heteroatoms. The van der Waals surface area contributed by atoms with Gasteiger partial charge in [-0.15, -0.1) is 0 Å². The number of likely N-dealkylation sites (tertiary alicyclic amines) is 1. The van der Waals surface area contributed by atoms with Crippen LogP contribution in [0.4, 0.5) is 10.2 Å². The summed E-state index contributed by atoms with van der Waals surface area (Å²) in [4.78, 5) is 23.1. The molecule has 31 heavy (non-hydrogen) atoms. The molecule has 0 aliphatic carbocycles. The Morgan fingerprint density at radius 1 is 1.19 bits per heavy atom. The molecule has 1 N–H and O–H groups in total. The minimum absolute atomic E-state index is 0.0131. The van der Waals surface area contributed by atoms with Crippen molar-refractivity contribution in [3.05, 3.63) is 47.2 Å². The third-order valence-electron chi connectivity index (χ3n) is 5.97. The summed E-state index contributed by atoms with van der Waals surface area (Å²) in [6.45, 7) is 3.29. The summed E-state index contributed by atoms with van der Waals surface area (Å²) in [6.07, 6.45) is 2.24. The van der Waals surface area contributed by atoms with Crippen molar-refractivity contribution in [2.75, 3.05) is 32.0 Å². The summed E-state index contributed by atoms with van der Waals surface area (Å²) in [7, 11) is -1.98. The molecule has 0 unspecified atom stereocenters. The van der Waals surface area contributed by atoms with Gasteiger partial charge in [0.25, 0.3) is 0 Å². The van der Waals surface area contributed by atoms with Crippen molar-refractivity contribution >= 4 is 21.7 Å². The van der Waals surface area contributed by atoms with Crippen molar-refractivity contribution < 1.29 is 17.6 Å². The number of fused-ring (bicyclic) bond motifs is 1. The van der Waals surface area contributed by atoms with E-state index in [1.54, 1.807) is 18.9 Å². The van der Waals surface area contributed by atoms with E-state index in [1.165, 1.54) is 16.4 Å². The van der Waals surface area contributed by atoms with Crippen LogP contribution in [0.2, 0.25) is 0 Å². The second-order valence-electron chi connectivity index (χ2n) is 7.95. The van der Waals surface area contributed by atoms with Crippen molar-refractivity contribution in [2.24, 2.45) is 0 Å². The minimum atomic E-state index is -3.77. The molecule has 0 spiro atoms. The van der Waals surface area contributed by atoms with Crippen LogP contribution in [0.5, 0.6) is 0 Å². The lowest BCUT2D eigenvalue weighted by Gasteiger charge is -2.33. The van der Waals surface area contributed by atoms with Gasteiger partial charge in [-0.2, -0.15) is 4.31 Å². The largest absolute Gasteiger partial charge is 0.373 e. The quantitative estimate of drug-likeness (QED) is 0.772. The first-order valence-electron chi connectivity index (χ1n) is 10.4. The second-order valence-corrected chi connectivity index (χ2v) is 9.89. The average molecular weight is 448 g/mol. The van der Waals surface area contributed by atoms with Crippen molar-refractivity contribution in [1.82, 2.24) is 19.2 Å². The highest BCUT2D eigenvalue weighted by Gasteiger charge is 2.32. The van der Waals surface area contributed by atoms with Gasteiger partial charge >= 0.3 is 0 Å². The Morgan fingerprint density at radius 3 is 2.61 bits per heavy atom. The molecule has 1 atom stereocenters. The number of amides is 1. The number of carbonyl (C=O) groups excluding carboxylic acids is 1. The Bertz CT molecular complexity index is 1090. The van der Waals surface area contributed by atoms with Gasteiger partial charge in [-0.25, -0.2) is 22.8 Å². The SMILES string of the molecule is CNc1nc([C@H]2CCCN(C(C)=O)C2)nc2c1CCN(S(=O)(=O)c1ccc(F)cc1)C2. The molecular formula is C21H26FN5O3S. The van der Waals surface area contributed by atoms with Gasteiger partial charge in [0, 0.05) is 45.1 Å². The number of carbonyl (C=O) groups is 1. The smallest absolute Gasteiger partial charge is 0.243 e. The monoisotopic (exact) mass is 447 g/mol. The molecule has 166 valence electrons. The fraction of sp³-hybridized carbons (Fsp3) is 0.476. The van der Waals surface area contributed by atoms with E-state index in [9.17, 15) is 17.6 Å². The number of hydrogen-bond donors (Lipinski definition) is 1. The summed E-state index contributed by atoms with van der Waals surface area (Å²) in [5.41, 5.74) is 1.59. The molecule has 1 amide bonds. The average Bonchev–Trinajstić information content (AvgIpc) is 2.78. The van der Waals surface area contributed by atoms with Crippen LogP contribution in [0.3, 0.4) is 0 Å². The Hall–Kier alpha value is -2.59. The standard InChI is InChI=1S/C21H26FN5O3S/c1-14(28)26-10-3-4-15(12-26)20-24-19-13-27(11-9-18(19)21(23-2)25-20)31(29,30)17-7-5-16(22)6-8-17/h5-8,15H,3-4,9-13H2,1-2H3,(H,23,24,25)/t15-/m0/s1. The fourth-order valence-corrected chi connectivity index (χ4v) is 5.65. The Balaban J connectivity index is 1.64. The molecule has 0 saturated carbocycles. The zero-order valence-corrected chi connectivity index (χ0v) is 18.5. The zero-order valence-electron chi connectivity index (χ0n) is 17.6. The van der Waals surface area contributed by atoms with E-state index in [1.807, 2.05) is 0 Å². The molecular weight excluding hydrogens is 421 g/mol. The van der Waals surface area contributed by atoms with Crippen LogP contribution in [-0.2, 0) is 27.8 Å². The first-order valence-corrected chi connectivity index (χ1v) is 11.8. The number of halogens is 1. The highest BCUT2D eigenvalue weighted by Crippen LogP contribution is 2.31. The maximum Gasteiger partial charge on any atom is 0.243 e. The topological polar surface area (TPSA) is 95.5 Å². The second kappa shape index (κ2) is 8.51. The molecule has 2 aliphatic heterocycles. The molecule has 4 rings (SSSR count). The van der Waals surface area contributed by atoms with E-state index in [2.05, 4.69) is 5.32 Å². The van der Waals surface area contributed by atoms with E-state index in [-0.39, 0.29) is 23.3 Å². The molecule has 3 heterocycles. The number of anilines is 1. The number of benzene rings is 1. The number of rotatable bonds is 4. The first kappa shape index (κ1) is 21.6. The summed E-state index contributed by atoms with van der Waals surface area (Å²) >= 11 is 0. The van der Waals surface area contributed by atoms with Crippen LogP contribution in [0.15, 0.2) is 29.2 Å². The predicted octanol–water partition coefficient (Wildman–Crippen LogP) is 2.13. The number of aromatic nitrogens is 2. The molecule has 1 saturated heterocycles. The number of nitrogens with zero attached hydrogens (tertiary/aromatic N) is 4. The number of hydrogen-bond acceptors (Lipinski definition) is 6. The number of piperidine rings is 1. The van der Waals surface area contributed by atoms with E-state index in [0.717, 1.165) is 37.1 Å². The van der Waals surface area contributed by atoms with Gasteiger partial charge in [-0.05, 0) is 43.5 Å².